The highest BCUT2D eigenvalue weighted by Crippen LogP contribution is 2.09. The van der Waals surface area contributed by atoms with E-state index in [0.29, 0.717) is 6.04 Å². The van der Waals surface area contributed by atoms with Crippen LogP contribution in [0, 0.1) is 0 Å². The number of fused-ring (bicyclic) bond motifs is 1. The summed E-state index contributed by atoms with van der Waals surface area (Å²) in [6.07, 6.45) is 4.91. The van der Waals surface area contributed by atoms with Gasteiger partial charge < -0.3 is 10.1 Å². The van der Waals surface area contributed by atoms with Crippen LogP contribution in [0.4, 0.5) is 0 Å². The maximum Gasteiger partial charge on any atom is 0.0706 e. The maximum absolute atomic E-state index is 5.06. The summed E-state index contributed by atoms with van der Waals surface area (Å²) in [7, 11) is 1.73. The summed E-state index contributed by atoms with van der Waals surface area (Å²) >= 11 is 0. The molecule has 17 heavy (non-hydrogen) atoms. The van der Waals surface area contributed by atoms with Crippen LogP contribution < -0.4 is 5.32 Å². The van der Waals surface area contributed by atoms with E-state index in [2.05, 4.69) is 23.4 Å². The van der Waals surface area contributed by atoms with Crippen molar-refractivity contribution in [3.8, 4) is 0 Å². The fraction of sp³-hybridized carbons (Fsp3) is 0.462. The molecule has 4 heteroatoms. The first-order valence-electron chi connectivity index (χ1n) is 5.95. The second-order valence-corrected chi connectivity index (χ2v) is 4.26. The maximum atomic E-state index is 5.06. The highest BCUT2D eigenvalue weighted by molar-refractivity contribution is 5.53. The number of ether oxygens (including phenoxy) is 1. The third-order valence-electron chi connectivity index (χ3n) is 2.90. The van der Waals surface area contributed by atoms with Crippen molar-refractivity contribution in [1.82, 2.24) is 14.9 Å². The molecule has 0 aromatic carbocycles. The number of rotatable bonds is 6. The third kappa shape index (κ3) is 3.05. The van der Waals surface area contributed by atoms with Crippen LogP contribution >= 0.6 is 0 Å². The van der Waals surface area contributed by atoms with Gasteiger partial charge >= 0.3 is 0 Å². The summed E-state index contributed by atoms with van der Waals surface area (Å²) < 4.78 is 6.96. The lowest BCUT2D eigenvalue weighted by atomic mass is 10.2. The molecule has 1 N–H and O–H groups in total. The van der Waals surface area contributed by atoms with Crippen LogP contribution in [0.2, 0.25) is 0 Å². The SMILES string of the molecule is COCCC(C)NCc1cnn2ccccc12. The van der Waals surface area contributed by atoms with Gasteiger partial charge in [0.2, 0.25) is 0 Å². The van der Waals surface area contributed by atoms with Crippen LogP contribution in [-0.2, 0) is 11.3 Å². The van der Waals surface area contributed by atoms with E-state index >= 15 is 0 Å². The summed E-state index contributed by atoms with van der Waals surface area (Å²) in [5.41, 5.74) is 2.40. The van der Waals surface area contributed by atoms with E-state index in [0.717, 1.165) is 19.6 Å². The Balaban J connectivity index is 1.95. The topological polar surface area (TPSA) is 38.6 Å². The largest absolute Gasteiger partial charge is 0.385 e. The Morgan fingerprint density at radius 1 is 1.47 bits per heavy atom. The van der Waals surface area contributed by atoms with Crippen molar-refractivity contribution >= 4 is 5.52 Å². The first-order chi connectivity index (χ1) is 8.31. The van der Waals surface area contributed by atoms with Crippen molar-refractivity contribution < 1.29 is 4.74 Å². The van der Waals surface area contributed by atoms with Crippen LogP contribution in [0.25, 0.3) is 5.52 Å². The van der Waals surface area contributed by atoms with Crippen molar-refractivity contribution in [2.45, 2.75) is 25.9 Å². The van der Waals surface area contributed by atoms with E-state index in [-0.39, 0.29) is 0 Å². The molecule has 0 spiro atoms. The Morgan fingerprint density at radius 2 is 2.35 bits per heavy atom. The van der Waals surface area contributed by atoms with Crippen LogP contribution in [0.3, 0.4) is 0 Å². The average Bonchev–Trinajstić information content (AvgIpc) is 2.77. The number of hydrogen-bond donors (Lipinski definition) is 1. The Hall–Kier alpha value is -1.39. The summed E-state index contributed by atoms with van der Waals surface area (Å²) in [6, 6.07) is 6.56. The quantitative estimate of drug-likeness (QED) is 0.827. The minimum absolute atomic E-state index is 0.452. The Labute approximate surface area is 102 Å². The van der Waals surface area contributed by atoms with Crippen molar-refractivity contribution in [2.75, 3.05) is 13.7 Å². The third-order valence-corrected chi connectivity index (χ3v) is 2.90. The zero-order chi connectivity index (χ0) is 12.1. The van der Waals surface area contributed by atoms with Gasteiger partial charge in [0.1, 0.15) is 0 Å². The van der Waals surface area contributed by atoms with Crippen LogP contribution in [0.5, 0.6) is 0 Å². The van der Waals surface area contributed by atoms with Crippen molar-refractivity contribution in [2.24, 2.45) is 0 Å². The van der Waals surface area contributed by atoms with Crippen molar-refractivity contribution in [1.29, 1.82) is 0 Å². The molecule has 1 unspecified atom stereocenters. The molecular formula is C13H19N3O. The van der Waals surface area contributed by atoms with Crippen LogP contribution in [0.15, 0.2) is 30.6 Å². The molecule has 0 aliphatic heterocycles. The molecule has 92 valence electrons. The molecule has 0 aliphatic carbocycles. The monoisotopic (exact) mass is 233 g/mol. The van der Waals surface area contributed by atoms with E-state index in [9.17, 15) is 0 Å². The number of pyridine rings is 1. The van der Waals surface area contributed by atoms with E-state index in [1.807, 2.05) is 29.0 Å². The number of nitrogens with zero attached hydrogens (tertiary/aromatic N) is 2. The average molecular weight is 233 g/mol. The molecule has 0 aliphatic rings. The van der Waals surface area contributed by atoms with Gasteiger partial charge in [0, 0.05) is 38.1 Å². The molecule has 0 radical (unpaired) electrons. The second-order valence-electron chi connectivity index (χ2n) is 4.26. The highest BCUT2D eigenvalue weighted by Gasteiger charge is 2.05. The van der Waals surface area contributed by atoms with E-state index in [4.69, 9.17) is 4.74 Å². The van der Waals surface area contributed by atoms with Gasteiger partial charge in [-0.1, -0.05) is 6.07 Å². The molecule has 4 nitrogen and oxygen atoms in total. The Bertz CT molecular complexity index is 466. The van der Waals surface area contributed by atoms with Gasteiger partial charge in [0.05, 0.1) is 11.7 Å². The lowest BCUT2D eigenvalue weighted by molar-refractivity contribution is 0.184. The first kappa shape index (κ1) is 12.1. The van der Waals surface area contributed by atoms with Gasteiger partial charge in [-0.05, 0) is 25.5 Å². The summed E-state index contributed by atoms with van der Waals surface area (Å²) in [4.78, 5) is 0. The predicted octanol–water partition coefficient (Wildman–Crippen LogP) is 1.85. The molecule has 0 amide bonds. The lowest BCUT2D eigenvalue weighted by Crippen LogP contribution is -2.26. The molecule has 0 bridgehead atoms. The summed E-state index contributed by atoms with van der Waals surface area (Å²) in [5.74, 6) is 0. The molecule has 0 saturated carbocycles. The standard InChI is InChI=1S/C13H19N3O/c1-11(6-8-17-2)14-9-12-10-15-16-7-4-3-5-13(12)16/h3-5,7,10-11,14H,6,8-9H2,1-2H3. The molecular weight excluding hydrogens is 214 g/mol. The van der Waals surface area contributed by atoms with Gasteiger partial charge in [-0.2, -0.15) is 5.10 Å². The highest BCUT2D eigenvalue weighted by atomic mass is 16.5. The first-order valence-corrected chi connectivity index (χ1v) is 5.95. The smallest absolute Gasteiger partial charge is 0.0706 e. The van der Waals surface area contributed by atoms with Crippen LogP contribution in [0.1, 0.15) is 18.9 Å². The normalized spacial score (nSPS) is 13.1. The number of hydrogen-bond acceptors (Lipinski definition) is 3. The lowest BCUT2D eigenvalue weighted by Gasteiger charge is -2.12. The minimum Gasteiger partial charge on any atom is -0.385 e. The molecule has 2 aromatic heterocycles. The van der Waals surface area contributed by atoms with E-state index < -0.39 is 0 Å². The molecule has 0 fully saturated rings. The van der Waals surface area contributed by atoms with Crippen molar-refractivity contribution in [3.63, 3.8) is 0 Å². The molecule has 2 heterocycles. The van der Waals surface area contributed by atoms with Gasteiger partial charge in [0.25, 0.3) is 0 Å². The fourth-order valence-electron chi connectivity index (χ4n) is 1.80. The summed E-state index contributed by atoms with van der Waals surface area (Å²) in [6.45, 7) is 3.81. The Morgan fingerprint density at radius 3 is 3.18 bits per heavy atom. The van der Waals surface area contributed by atoms with Crippen LogP contribution in [-0.4, -0.2) is 29.4 Å². The zero-order valence-corrected chi connectivity index (χ0v) is 10.4. The van der Waals surface area contributed by atoms with Gasteiger partial charge in [-0.15, -0.1) is 0 Å². The van der Waals surface area contributed by atoms with Crippen molar-refractivity contribution in [3.05, 3.63) is 36.2 Å². The minimum atomic E-state index is 0.452. The molecule has 2 rings (SSSR count). The molecule has 1 atom stereocenters. The van der Waals surface area contributed by atoms with Gasteiger partial charge in [-0.3, -0.25) is 0 Å². The molecule has 2 aromatic rings. The number of aromatic nitrogens is 2. The number of methoxy groups -OCH3 is 1. The predicted molar refractivity (Wildman–Crippen MR) is 68.0 cm³/mol. The molecule has 0 saturated heterocycles. The second kappa shape index (κ2) is 5.80. The zero-order valence-electron chi connectivity index (χ0n) is 10.4. The summed E-state index contributed by atoms with van der Waals surface area (Å²) in [5, 5.41) is 7.79. The van der Waals surface area contributed by atoms with E-state index in [1.54, 1.807) is 7.11 Å². The Kier molecular flexibility index (Phi) is 4.12. The van der Waals surface area contributed by atoms with E-state index in [1.165, 1.54) is 11.1 Å². The number of nitrogens with one attached hydrogen (secondary N) is 1. The fourth-order valence-corrected chi connectivity index (χ4v) is 1.80. The van der Waals surface area contributed by atoms with Gasteiger partial charge in [0.15, 0.2) is 0 Å². The van der Waals surface area contributed by atoms with Gasteiger partial charge in [-0.25, -0.2) is 4.52 Å².